The molecule has 3 N–H and O–H groups in total. The van der Waals surface area contributed by atoms with E-state index in [0.29, 0.717) is 0 Å². The molecule has 1 rings (SSSR count). The number of rotatable bonds is 8. The highest BCUT2D eigenvalue weighted by atomic mass is 32.1. The van der Waals surface area contributed by atoms with Crippen LogP contribution in [0.15, 0.2) is 29.4 Å². The van der Waals surface area contributed by atoms with Crippen LogP contribution in [0.25, 0.3) is 0 Å². The van der Waals surface area contributed by atoms with Crippen LogP contribution in [0.4, 0.5) is 0 Å². The molecule has 0 aromatic heterocycles. The van der Waals surface area contributed by atoms with Crippen LogP contribution in [-0.4, -0.2) is 29.3 Å². The molecule has 110 valence electrons. The molecule has 1 aromatic rings. The van der Waals surface area contributed by atoms with E-state index in [4.69, 9.17) is 18.0 Å². The second-order valence-electron chi connectivity index (χ2n) is 4.66. The smallest absolute Gasteiger partial charge is 0.184 e. The van der Waals surface area contributed by atoms with Crippen LogP contribution in [0, 0.1) is 0 Å². The summed E-state index contributed by atoms with van der Waals surface area (Å²) in [4.78, 5) is 2.44. The number of nitrogens with one attached hydrogen (secondary N) is 1. The van der Waals surface area contributed by atoms with Crippen molar-refractivity contribution in [1.29, 1.82) is 0 Å². The summed E-state index contributed by atoms with van der Waals surface area (Å²) in [5.74, 6) is 0. The lowest BCUT2D eigenvalue weighted by Gasteiger charge is -2.21. The molecule has 0 aliphatic carbocycles. The summed E-state index contributed by atoms with van der Waals surface area (Å²) in [6.45, 7) is 7.53. The Kier molecular flexibility index (Phi) is 7.84. The van der Waals surface area contributed by atoms with E-state index in [9.17, 15) is 0 Å². The molecule has 0 amide bonds. The fourth-order valence-corrected chi connectivity index (χ4v) is 1.99. The monoisotopic (exact) mass is 292 g/mol. The summed E-state index contributed by atoms with van der Waals surface area (Å²) in [6.07, 6.45) is 4.21. The molecule has 4 nitrogen and oxygen atoms in total. The number of thiocarbonyl (C=S) groups is 1. The van der Waals surface area contributed by atoms with Gasteiger partial charge in [-0.1, -0.05) is 44.5 Å². The largest absolute Gasteiger partial charge is 0.375 e. The van der Waals surface area contributed by atoms with Crippen molar-refractivity contribution in [3.05, 3.63) is 35.4 Å². The van der Waals surface area contributed by atoms with Crippen LogP contribution in [0.1, 0.15) is 37.8 Å². The van der Waals surface area contributed by atoms with E-state index in [0.717, 1.165) is 25.2 Å². The summed E-state index contributed by atoms with van der Waals surface area (Å²) >= 11 is 4.72. The molecule has 1 aromatic carbocycles. The van der Waals surface area contributed by atoms with E-state index in [2.05, 4.69) is 41.4 Å². The third-order valence-electron chi connectivity index (χ3n) is 3.10. The van der Waals surface area contributed by atoms with E-state index in [1.54, 1.807) is 6.21 Å². The molecule has 0 bridgehead atoms. The molecule has 0 saturated heterocycles. The molecule has 0 unspecified atom stereocenters. The molecule has 0 spiro atoms. The van der Waals surface area contributed by atoms with Gasteiger partial charge in [0.05, 0.1) is 6.21 Å². The highest BCUT2D eigenvalue weighted by Gasteiger charge is 2.06. The van der Waals surface area contributed by atoms with Crippen molar-refractivity contribution in [2.45, 2.75) is 33.2 Å². The van der Waals surface area contributed by atoms with Crippen LogP contribution in [0.2, 0.25) is 0 Å². The molecular formula is C15H24N4S. The molecule has 0 fully saturated rings. The molecular weight excluding hydrogens is 268 g/mol. The van der Waals surface area contributed by atoms with Gasteiger partial charge in [0.15, 0.2) is 5.11 Å². The quantitative estimate of drug-likeness (QED) is 0.439. The second kappa shape index (κ2) is 9.44. The Labute approximate surface area is 127 Å². The van der Waals surface area contributed by atoms with Crippen LogP contribution in [0.3, 0.4) is 0 Å². The lowest BCUT2D eigenvalue weighted by atomic mass is 10.1. The number of hydrogen-bond donors (Lipinski definition) is 2. The summed E-state index contributed by atoms with van der Waals surface area (Å²) in [5, 5.41) is 4.21. The number of unbranched alkanes of at least 4 members (excludes halogenated alkanes) is 1. The van der Waals surface area contributed by atoms with Gasteiger partial charge in [0.2, 0.25) is 0 Å². The summed E-state index contributed by atoms with van der Waals surface area (Å²) in [6, 6.07) is 8.25. The molecule has 0 aliphatic rings. The minimum atomic E-state index is 0.178. The van der Waals surface area contributed by atoms with Crippen molar-refractivity contribution in [3.63, 3.8) is 0 Å². The Morgan fingerprint density at radius 2 is 2.15 bits per heavy atom. The average molecular weight is 292 g/mol. The lowest BCUT2D eigenvalue weighted by molar-refractivity contribution is 0.275. The standard InChI is InChI=1S/C15H24N4S/c1-3-5-10-19(4-2)12-14-9-7-6-8-13(14)11-17-18-15(16)20/h6-9,11H,3-5,10,12H2,1-2H3,(H3,16,18,20). The fourth-order valence-electron chi connectivity index (χ4n) is 1.94. The van der Waals surface area contributed by atoms with E-state index >= 15 is 0 Å². The van der Waals surface area contributed by atoms with Gasteiger partial charge in [-0.2, -0.15) is 5.10 Å². The zero-order valence-electron chi connectivity index (χ0n) is 12.3. The molecule has 5 heteroatoms. The third kappa shape index (κ3) is 6.12. The normalized spacial score (nSPS) is 11.2. The summed E-state index contributed by atoms with van der Waals surface area (Å²) in [5.41, 5.74) is 10.3. The van der Waals surface area contributed by atoms with Gasteiger partial charge < -0.3 is 5.73 Å². The van der Waals surface area contributed by atoms with Gasteiger partial charge >= 0.3 is 0 Å². The fraction of sp³-hybridized carbons (Fsp3) is 0.467. The number of hydrazone groups is 1. The van der Waals surface area contributed by atoms with Gasteiger partial charge in [-0.05, 0) is 42.9 Å². The van der Waals surface area contributed by atoms with Crippen molar-refractivity contribution in [3.8, 4) is 0 Å². The van der Waals surface area contributed by atoms with Crippen molar-refractivity contribution < 1.29 is 0 Å². The van der Waals surface area contributed by atoms with Crippen LogP contribution < -0.4 is 11.2 Å². The third-order valence-corrected chi connectivity index (χ3v) is 3.19. The van der Waals surface area contributed by atoms with E-state index in [1.807, 2.05) is 12.1 Å². The van der Waals surface area contributed by atoms with Gasteiger partial charge in [-0.25, -0.2) is 0 Å². The zero-order chi connectivity index (χ0) is 14.8. The Balaban J connectivity index is 2.73. The number of nitrogens with two attached hydrogens (primary N) is 1. The van der Waals surface area contributed by atoms with Gasteiger partial charge in [0.1, 0.15) is 0 Å². The van der Waals surface area contributed by atoms with Gasteiger partial charge in [-0.15, -0.1) is 0 Å². The maximum absolute atomic E-state index is 5.35. The first-order chi connectivity index (χ1) is 9.67. The number of hydrogen-bond acceptors (Lipinski definition) is 3. The minimum Gasteiger partial charge on any atom is -0.375 e. The topological polar surface area (TPSA) is 53.6 Å². The minimum absolute atomic E-state index is 0.178. The Bertz CT molecular complexity index is 445. The van der Waals surface area contributed by atoms with E-state index < -0.39 is 0 Å². The average Bonchev–Trinajstić information content (AvgIpc) is 2.44. The number of benzene rings is 1. The molecule has 20 heavy (non-hydrogen) atoms. The molecule has 0 atom stereocenters. The SMILES string of the molecule is CCCCN(CC)Cc1ccccc1C=NNC(N)=S. The molecule has 0 saturated carbocycles. The maximum Gasteiger partial charge on any atom is 0.184 e. The second-order valence-corrected chi connectivity index (χ2v) is 5.10. The first-order valence-electron chi connectivity index (χ1n) is 7.06. The van der Waals surface area contributed by atoms with Crippen LogP contribution in [-0.2, 0) is 6.54 Å². The zero-order valence-corrected chi connectivity index (χ0v) is 13.1. The van der Waals surface area contributed by atoms with Crippen molar-refractivity contribution >= 4 is 23.5 Å². The van der Waals surface area contributed by atoms with Gasteiger partial charge in [0, 0.05) is 6.54 Å². The summed E-state index contributed by atoms with van der Waals surface area (Å²) < 4.78 is 0. The van der Waals surface area contributed by atoms with Gasteiger partial charge in [0.25, 0.3) is 0 Å². The van der Waals surface area contributed by atoms with Crippen molar-refractivity contribution in [1.82, 2.24) is 10.3 Å². The molecule has 0 radical (unpaired) electrons. The summed E-state index contributed by atoms with van der Waals surface area (Å²) in [7, 11) is 0. The van der Waals surface area contributed by atoms with Crippen molar-refractivity contribution in [2.75, 3.05) is 13.1 Å². The van der Waals surface area contributed by atoms with E-state index in [1.165, 1.54) is 18.4 Å². The van der Waals surface area contributed by atoms with Crippen molar-refractivity contribution in [2.24, 2.45) is 10.8 Å². The van der Waals surface area contributed by atoms with E-state index in [-0.39, 0.29) is 5.11 Å². The molecule has 0 heterocycles. The maximum atomic E-state index is 5.35. The first kappa shape index (κ1) is 16.6. The van der Waals surface area contributed by atoms with Crippen LogP contribution >= 0.6 is 12.2 Å². The first-order valence-corrected chi connectivity index (χ1v) is 7.47. The Morgan fingerprint density at radius 1 is 1.40 bits per heavy atom. The predicted molar refractivity (Wildman–Crippen MR) is 89.8 cm³/mol. The number of nitrogens with zero attached hydrogens (tertiary/aromatic N) is 2. The highest BCUT2D eigenvalue weighted by molar-refractivity contribution is 7.80. The Hall–Kier alpha value is -1.46. The van der Waals surface area contributed by atoms with Gasteiger partial charge in [-0.3, -0.25) is 10.3 Å². The highest BCUT2D eigenvalue weighted by Crippen LogP contribution is 2.10. The van der Waals surface area contributed by atoms with Crippen LogP contribution in [0.5, 0.6) is 0 Å². The predicted octanol–water partition coefficient (Wildman–Crippen LogP) is 2.48. The lowest BCUT2D eigenvalue weighted by Crippen LogP contribution is -2.25. The Morgan fingerprint density at radius 3 is 2.80 bits per heavy atom. The molecule has 0 aliphatic heterocycles.